The summed E-state index contributed by atoms with van der Waals surface area (Å²) in [5.74, 6) is 0. The maximum Gasteiger partial charge on any atom is -0.0354 e. The minimum absolute atomic E-state index is 0.299. The highest BCUT2D eigenvalue weighted by Crippen LogP contribution is 2.21. The molecule has 0 saturated heterocycles. The Kier molecular flexibility index (Phi) is 4.76. The molecule has 0 aliphatic rings. The smallest absolute Gasteiger partial charge is 0.0354 e. The highest BCUT2D eigenvalue weighted by molar-refractivity contribution is 4.69. The van der Waals surface area contributed by atoms with Crippen molar-refractivity contribution in [1.29, 1.82) is 0 Å². The quantitative estimate of drug-likeness (QED) is 0.511. The van der Waals surface area contributed by atoms with Gasteiger partial charge in [-0.2, -0.15) is 0 Å². The van der Waals surface area contributed by atoms with Crippen LogP contribution >= 0.6 is 0 Å². The monoisotopic (exact) mass is 141 g/mol. The van der Waals surface area contributed by atoms with Crippen LogP contribution in [-0.2, 0) is 0 Å². The van der Waals surface area contributed by atoms with Crippen molar-refractivity contribution in [3.8, 4) is 0 Å². The van der Waals surface area contributed by atoms with Gasteiger partial charge in [0.05, 0.1) is 0 Å². The highest BCUT2D eigenvalue weighted by atomic mass is 14.1. The molecule has 0 aromatic heterocycles. The molecular weight excluding hydrogens is 120 g/mol. The number of unbranched alkanes of at least 4 members (excludes halogenated alkanes) is 3. The SMILES string of the molecule is [CH2]C(C)(C)CCCCCC. The van der Waals surface area contributed by atoms with Crippen LogP contribution in [0.2, 0.25) is 0 Å². The molecule has 0 nitrogen and oxygen atoms in total. The molecule has 0 amide bonds. The average Bonchev–Trinajstić information content (AvgIpc) is 1.78. The lowest BCUT2D eigenvalue weighted by Gasteiger charge is -2.16. The van der Waals surface area contributed by atoms with Crippen molar-refractivity contribution in [2.45, 2.75) is 52.9 Å². The summed E-state index contributed by atoms with van der Waals surface area (Å²) in [4.78, 5) is 0. The fraction of sp³-hybridized carbons (Fsp3) is 0.900. The van der Waals surface area contributed by atoms with Crippen LogP contribution in [0.5, 0.6) is 0 Å². The molecule has 1 radical (unpaired) electrons. The van der Waals surface area contributed by atoms with E-state index in [1.807, 2.05) is 0 Å². The molecule has 0 rings (SSSR count). The predicted molar refractivity (Wildman–Crippen MR) is 47.9 cm³/mol. The molecule has 0 aromatic carbocycles. The van der Waals surface area contributed by atoms with Crippen LogP contribution in [-0.4, -0.2) is 0 Å². The molecule has 10 heavy (non-hydrogen) atoms. The van der Waals surface area contributed by atoms with Gasteiger partial charge in [0.1, 0.15) is 0 Å². The van der Waals surface area contributed by atoms with Gasteiger partial charge in [0.2, 0.25) is 0 Å². The van der Waals surface area contributed by atoms with Crippen molar-refractivity contribution < 1.29 is 0 Å². The summed E-state index contributed by atoms with van der Waals surface area (Å²) < 4.78 is 0. The van der Waals surface area contributed by atoms with Gasteiger partial charge in [-0.25, -0.2) is 0 Å². The zero-order valence-corrected chi connectivity index (χ0v) is 7.74. The third kappa shape index (κ3) is 8.00. The minimum atomic E-state index is 0.299. The molecule has 0 fully saturated rings. The van der Waals surface area contributed by atoms with Gasteiger partial charge in [-0.3, -0.25) is 0 Å². The predicted octanol–water partition coefficient (Wildman–Crippen LogP) is 3.82. The first-order valence-corrected chi connectivity index (χ1v) is 4.41. The minimum Gasteiger partial charge on any atom is -0.0654 e. The number of hydrogen-bond acceptors (Lipinski definition) is 0. The normalized spacial score (nSPS) is 12.0. The third-order valence-electron chi connectivity index (χ3n) is 1.71. The summed E-state index contributed by atoms with van der Waals surface area (Å²) >= 11 is 0. The van der Waals surface area contributed by atoms with Crippen molar-refractivity contribution in [2.24, 2.45) is 5.41 Å². The van der Waals surface area contributed by atoms with E-state index in [0.29, 0.717) is 5.41 Å². The van der Waals surface area contributed by atoms with E-state index in [9.17, 15) is 0 Å². The Labute approximate surface area is 66.0 Å². The van der Waals surface area contributed by atoms with Gasteiger partial charge in [0, 0.05) is 0 Å². The Hall–Kier alpha value is 0. The number of hydrogen-bond donors (Lipinski definition) is 0. The standard InChI is InChI=1S/C10H21/c1-5-6-7-8-9-10(2,3)4/h2,5-9H2,1,3-4H3. The Bertz CT molecular complexity index is 66.6. The van der Waals surface area contributed by atoms with Crippen LogP contribution in [0.25, 0.3) is 0 Å². The van der Waals surface area contributed by atoms with Crippen LogP contribution < -0.4 is 0 Å². The van der Waals surface area contributed by atoms with E-state index < -0.39 is 0 Å². The summed E-state index contributed by atoms with van der Waals surface area (Å²) in [6, 6.07) is 0. The van der Waals surface area contributed by atoms with E-state index >= 15 is 0 Å². The zero-order valence-electron chi connectivity index (χ0n) is 7.74. The zero-order chi connectivity index (χ0) is 8.04. The first kappa shape index (κ1) is 10.0. The maximum atomic E-state index is 4.07. The van der Waals surface area contributed by atoms with Gasteiger partial charge in [0.15, 0.2) is 0 Å². The second kappa shape index (κ2) is 4.76. The molecule has 0 heterocycles. The van der Waals surface area contributed by atoms with Crippen LogP contribution in [0, 0.1) is 12.3 Å². The lowest BCUT2D eigenvalue weighted by atomic mass is 9.89. The molecule has 0 unspecified atom stereocenters. The van der Waals surface area contributed by atoms with Gasteiger partial charge in [0.25, 0.3) is 0 Å². The highest BCUT2D eigenvalue weighted by Gasteiger charge is 2.08. The van der Waals surface area contributed by atoms with E-state index in [1.54, 1.807) is 0 Å². The summed E-state index contributed by atoms with van der Waals surface area (Å²) in [5.41, 5.74) is 0.299. The topological polar surface area (TPSA) is 0 Å². The summed E-state index contributed by atoms with van der Waals surface area (Å²) in [7, 11) is 0. The summed E-state index contributed by atoms with van der Waals surface area (Å²) in [5, 5.41) is 0. The summed E-state index contributed by atoms with van der Waals surface area (Å²) in [6.45, 7) is 10.7. The molecule has 0 atom stereocenters. The molecule has 0 aliphatic heterocycles. The van der Waals surface area contributed by atoms with E-state index in [4.69, 9.17) is 0 Å². The second-order valence-corrected chi connectivity index (χ2v) is 3.97. The fourth-order valence-electron chi connectivity index (χ4n) is 1.03. The van der Waals surface area contributed by atoms with Crippen LogP contribution in [0.4, 0.5) is 0 Å². The van der Waals surface area contributed by atoms with Crippen LogP contribution in [0.3, 0.4) is 0 Å². The van der Waals surface area contributed by atoms with E-state index in [0.717, 1.165) is 0 Å². The molecule has 0 bridgehead atoms. The molecule has 0 aliphatic carbocycles. The molecule has 0 N–H and O–H groups in total. The first-order valence-electron chi connectivity index (χ1n) is 4.41. The van der Waals surface area contributed by atoms with E-state index in [-0.39, 0.29) is 0 Å². The molecule has 0 spiro atoms. The molecule has 61 valence electrons. The summed E-state index contributed by atoms with van der Waals surface area (Å²) in [6.07, 6.45) is 6.72. The van der Waals surface area contributed by atoms with Crippen molar-refractivity contribution in [3.05, 3.63) is 6.92 Å². The lowest BCUT2D eigenvalue weighted by molar-refractivity contribution is 0.406. The molecule has 0 aromatic rings. The molecular formula is C10H21. The number of rotatable bonds is 5. The Morgan fingerprint density at radius 3 is 2.10 bits per heavy atom. The van der Waals surface area contributed by atoms with Gasteiger partial charge < -0.3 is 0 Å². The second-order valence-electron chi connectivity index (χ2n) is 3.97. The largest absolute Gasteiger partial charge is 0.0654 e. The van der Waals surface area contributed by atoms with E-state index in [1.165, 1.54) is 32.1 Å². The lowest BCUT2D eigenvalue weighted by Crippen LogP contribution is -2.04. The van der Waals surface area contributed by atoms with E-state index in [2.05, 4.69) is 27.7 Å². The van der Waals surface area contributed by atoms with Gasteiger partial charge in [-0.05, 0) is 18.8 Å². The van der Waals surface area contributed by atoms with Gasteiger partial charge in [-0.15, -0.1) is 0 Å². The van der Waals surface area contributed by atoms with Gasteiger partial charge >= 0.3 is 0 Å². The first-order chi connectivity index (χ1) is 4.56. The van der Waals surface area contributed by atoms with Crippen molar-refractivity contribution in [3.63, 3.8) is 0 Å². The Balaban J connectivity index is 3.04. The van der Waals surface area contributed by atoms with Crippen LogP contribution in [0.1, 0.15) is 52.9 Å². The average molecular weight is 141 g/mol. The van der Waals surface area contributed by atoms with Crippen molar-refractivity contribution >= 4 is 0 Å². The molecule has 0 saturated carbocycles. The molecule has 0 heteroatoms. The third-order valence-corrected chi connectivity index (χ3v) is 1.71. The van der Waals surface area contributed by atoms with Crippen molar-refractivity contribution in [1.82, 2.24) is 0 Å². The Morgan fingerprint density at radius 2 is 1.70 bits per heavy atom. The maximum absolute atomic E-state index is 4.07. The van der Waals surface area contributed by atoms with Crippen LogP contribution in [0.15, 0.2) is 0 Å². The Morgan fingerprint density at radius 1 is 1.10 bits per heavy atom. The van der Waals surface area contributed by atoms with Crippen molar-refractivity contribution in [2.75, 3.05) is 0 Å². The fourth-order valence-corrected chi connectivity index (χ4v) is 1.03. The van der Waals surface area contributed by atoms with Gasteiger partial charge in [-0.1, -0.05) is 46.5 Å².